The Morgan fingerprint density at radius 2 is 1.53 bits per heavy atom. The molecule has 0 atom stereocenters. The molecule has 0 aliphatic carbocycles. The summed E-state index contributed by atoms with van der Waals surface area (Å²) in [6.07, 6.45) is 1.47. The average Bonchev–Trinajstić information content (AvgIpc) is 2.75. The first-order chi connectivity index (χ1) is 14.4. The molecule has 0 aliphatic rings. The molecule has 0 saturated heterocycles. The first-order valence-electron chi connectivity index (χ1n) is 9.13. The van der Waals surface area contributed by atoms with Gasteiger partial charge in [-0.05, 0) is 55.0 Å². The summed E-state index contributed by atoms with van der Waals surface area (Å²) in [5, 5.41) is 16.2. The quantitative estimate of drug-likeness (QED) is 0.365. The van der Waals surface area contributed by atoms with E-state index in [1.807, 2.05) is 19.1 Å². The van der Waals surface area contributed by atoms with Crippen LogP contribution in [-0.2, 0) is 4.79 Å². The van der Waals surface area contributed by atoms with Crippen LogP contribution in [0.15, 0.2) is 84.6 Å². The summed E-state index contributed by atoms with van der Waals surface area (Å²) < 4.78 is 0. The van der Waals surface area contributed by atoms with Crippen LogP contribution in [0.2, 0.25) is 0 Å². The first kappa shape index (κ1) is 20.5. The molecule has 3 rings (SSSR count). The lowest BCUT2D eigenvalue weighted by Crippen LogP contribution is -2.30. The van der Waals surface area contributed by atoms with Crippen LogP contribution in [0.1, 0.15) is 21.5 Å². The smallest absolute Gasteiger partial charge is 0.272 e. The zero-order valence-electron chi connectivity index (χ0n) is 16.2. The third-order valence-electron chi connectivity index (χ3n) is 4.25. The standard InChI is InChI=1S/C23H19N3O4/c1-16-7-11-19(12-8-16)24-23(28)21(25-22(27)18-5-3-2-4-6-18)15-17-9-13-20(14-10-17)26(29)30/h2-15H,1H3,(H,24,28)(H,25,27)/b21-15-. The zero-order valence-corrected chi connectivity index (χ0v) is 16.2. The van der Waals surface area contributed by atoms with Crippen molar-refractivity contribution in [1.29, 1.82) is 0 Å². The highest BCUT2D eigenvalue weighted by molar-refractivity contribution is 6.10. The second-order valence-electron chi connectivity index (χ2n) is 6.55. The predicted octanol–water partition coefficient (Wildman–Crippen LogP) is 4.31. The molecule has 3 aromatic carbocycles. The highest BCUT2D eigenvalue weighted by Gasteiger charge is 2.15. The van der Waals surface area contributed by atoms with Crippen molar-refractivity contribution in [2.24, 2.45) is 0 Å². The molecule has 7 heteroatoms. The fourth-order valence-corrected chi connectivity index (χ4v) is 2.64. The van der Waals surface area contributed by atoms with Gasteiger partial charge in [0.15, 0.2) is 0 Å². The van der Waals surface area contributed by atoms with E-state index in [0.717, 1.165) is 5.56 Å². The molecule has 0 aliphatic heterocycles. The van der Waals surface area contributed by atoms with Gasteiger partial charge in [0.05, 0.1) is 4.92 Å². The molecule has 0 saturated carbocycles. The van der Waals surface area contributed by atoms with Crippen LogP contribution in [0.3, 0.4) is 0 Å². The van der Waals surface area contributed by atoms with Crippen LogP contribution in [0.5, 0.6) is 0 Å². The predicted molar refractivity (Wildman–Crippen MR) is 115 cm³/mol. The number of aryl methyl sites for hydroxylation is 1. The lowest BCUT2D eigenvalue weighted by molar-refractivity contribution is -0.384. The van der Waals surface area contributed by atoms with Gasteiger partial charge < -0.3 is 10.6 Å². The Balaban J connectivity index is 1.88. The summed E-state index contributed by atoms with van der Waals surface area (Å²) >= 11 is 0. The highest BCUT2D eigenvalue weighted by atomic mass is 16.6. The molecule has 0 bridgehead atoms. The van der Waals surface area contributed by atoms with Crippen molar-refractivity contribution >= 4 is 29.3 Å². The first-order valence-corrected chi connectivity index (χ1v) is 9.13. The van der Waals surface area contributed by atoms with Crippen molar-refractivity contribution in [1.82, 2.24) is 5.32 Å². The fourth-order valence-electron chi connectivity index (χ4n) is 2.64. The molecule has 0 fully saturated rings. The Morgan fingerprint density at radius 1 is 0.900 bits per heavy atom. The van der Waals surface area contributed by atoms with Gasteiger partial charge in [-0.25, -0.2) is 0 Å². The Bertz CT molecular complexity index is 1090. The normalized spacial score (nSPS) is 10.9. The van der Waals surface area contributed by atoms with E-state index in [1.54, 1.807) is 42.5 Å². The number of nitrogens with one attached hydrogen (secondary N) is 2. The number of nitrogens with zero attached hydrogens (tertiary/aromatic N) is 1. The summed E-state index contributed by atoms with van der Waals surface area (Å²) in [6, 6.07) is 21.4. The van der Waals surface area contributed by atoms with Gasteiger partial charge in [0.2, 0.25) is 0 Å². The zero-order chi connectivity index (χ0) is 21.5. The molecule has 0 spiro atoms. The molecule has 2 amide bonds. The molecule has 0 radical (unpaired) electrons. The molecular weight excluding hydrogens is 382 g/mol. The summed E-state index contributed by atoms with van der Waals surface area (Å²) in [5.74, 6) is -0.954. The number of benzene rings is 3. The van der Waals surface area contributed by atoms with Crippen LogP contribution >= 0.6 is 0 Å². The van der Waals surface area contributed by atoms with E-state index in [-0.39, 0.29) is 11.4 Å². The SMILES string of the molecule is Cc1ccc(NC(=O)/C(=C/c2ccc([N+](=O)[O-])cc2)NC(=O)c2ccccc2)cc1. The third kappa shape index (κ3) is 5.39. The maximum atomic E-state index is 12.8. The molecule has 0 unspecified atom stereocenters. The average molecular weight is 401 g/mol. The summed E-state index contributed by atoms with van der Waals surface area (Å²) in [5.41, 5.74) is 2.50. The van der Waals surface area contributed by atoms with E-state index >= 15 is 0 Å². The maximum absolute atomic E-state index is 12.8. The van der Waals surface area contributed by atoms with Gasteiger partial charge in [-0.15, -0.1) is 0 Å². The number of nitro benzene ring substituents is 1. The fraction of sp³-hybridized carbons (Fsp3) is 0.0435. The van der Waals surface area contributed by atoms with Gasteiger partial charge in [-0.2, -0.15) is 0 Å². The van der Waals surface area contributed by atoms with E-state index in [1.165, 1.54) is 30.3 Å². The summed E-state index contributed by atoms with van der Waals surface area (Å²) in [7, 11) is 0. The van der Waals surface area contributed by atoms with E-state index in [4.69, 9.17) is 0 Å². The van der Waals surface area contributed by atoms with Crippen molar-refractivity contribution < 1.29 is 14.5 Å². The van der Waals surface area contributed by atoms with Gasteiger partial charge in [-0.1, -0.05) is 35.9 Å². The van der Waals surface area contributed by atoms with E-state index in [0.29, 0.717) is 16.8 Å². The number of nitro groups is 1. The second kappa shape index (κ2) is 9.29. The molecule has 0 heterocycles. The van der Waals surface area contributed by atoms with E-state index in [9.17, 15) is 19.7 Å². The lowest BCUT2D eigenvalue weighted by atomic mass is 10.1. The molecule has 150 valence electrons. The molecule has 2 N–H and O–H groups in total. The number of anilines is 1. The Kier molecular flexibility index (Phi) is 6.34. The van der Waals surface area contributed by atoms with Crippen LogP contribution in [0.25, 0.3) is 6.08 Å². The molecular formula is C23H19N3O4. The minimum absolute atomic E-state index is 0.0123. The molecule has 30 heavy (non-hydrogen) atoms. The number of rotatable bonds is 6. The van der Waals surface area contributed by atoms with Gasteiger partial charge >= 0.3 is 0 Å². The molecule has 0 aromatic heterocycles. The largest absolute Gasteiger partial charge is 0.321 e. The maximum Gasteiger partial charge on any atom is 0.272 e. The van der Waals surface area contributed by atoms with Crippen LogP contribution < -0.4 is 10.6 Å². The monoisotopic (exact) mass is 401 g/mol. The Morgan fingerprint density at radius 3 is 2.13 bits per heavy atom. The van der Waals surface area contributed by atoms with Crippen LogP contribution in [0, 0.1) is 17.0 Å². The van der Waals surface area contributed by atoms with Crippen molar-refractivity contribution in [3.63, 3.8) is 0 Å². The lowest BCUT2D eigenvalue weighted by Gasteiger charge is -2.11. The molecule has 3 aromatic rings. The number of carbonyl (C=O) groups excluding carboxylic acids is 2. The van der Waals surface area contributed by atoms with Gasteiger partial charge in [0, 0.05) is 23.4 Å². The van der Waals surface area contributed by atoms with Crippen LogP contribution in [-0.4, -0.2) is 16.7 Å². The number of carbonyl (C=O) groups is 2. The molecule has 7 nitrogen and oxygen atoms in total. The summed E-state index contributed by atoms with van der Waals surface area (Å²) in [4.78, 5) is 35.7. The van der Waals surface area contributed by atoms with E-state index < -0.39 is 16.7 Å². The third-order valence-corrected chi connectivity index (χ3v) is 4.25. The number of amides is 2. The van der Waals surface area contributed by atoms with Crippen LogP contribution in [0.4, 0.5) is 11.4 Å². The highest BCUT2D eigenvalue weighted by Crippen LogP contribution is 2.16. The van der Waals surface area contributed by atoms with Crippen molar-refractivity contribution in [3.8, 4) is 0 Å². The Labute approximate surface area is 173 Å². The van der Waals surface area contributed by atoms with Crippen molar-refractivity contribution in [3.05, 3.63) is 111 Å². The number of hydrogen-bond acceptors (Lipinski definition) is 4. The Hall–Kier alpha value is -4.26. The minimum Gasteiger partial charge on any atom is -0.321 e. The van der Waals surface area contributed by atoms with Crippen molar-refractivity contribution in [2.75, 3.05) is 5.32 Å². The number of non-ortho nitro benzene ring substituents is 1. The second-order valence-corrected chi connectivity index (χ2v) is 6.55. The van der Waals surface area contributed by atoms with Gasteiger partial charge in [0.25, 0.3) is 17.5 Å². The number of hydrogen-bond donors (Lipinski definition) is 2. The van der Waals surface area contributed by atoms with Gasteiger partial charge in [-0.3, -0.25) is 19.7 Å². The van der Waals surface area contributed by atoms with E-state index in [2.05, 4.69) is 10.6 Å². The summed E-state index contributed by atoms with van der Waals surface area (Å²) in [6.45, 7) is 1.94. The van der Waals surface area contributed by atoms with Crippen molar-refractivity contribution in [2.45, 2.75) is 6.92 Å². The minimum atomic E-state index is -0.513. The van der Waals surface area contributed by atoms with Gasteiger partial charge in [0.1, 0.15) is 5.70 Å². The topological polar surface area (TPSA) is 101 Å².